The molecule has 0 bridgehead atoms. The summed E-state index contributed by atoms with van der Waals surface area (Å²) in [7, 11) is 0. The number of Topliss-reactive ketones (excluding diaryl/α,β-unsaturated/α-hetero) is 1. The monoisotopic (exact) mass is 237 g/mol. The zero-order chi connectivity index (χ0) is 13.0. The van der Waals surface area contributed by atoms with Crippen LogP contribution in [-0.4, -0.2) is 5.78 Å². The molecular formula is C15H11NO2. The van der Waals surface area contributed by atoms with Gasteiger partial charge < -0.3 is 4.42 Å². The number of carbonyl (C=O) groups is 1. The van der Waals surface area contributed by atoms with Crippen molar-refractivity contribution in [1.82, 2.24) is 0 Å². The molecule has 3 nitrogen and oxygen atoms in total. The number of ketones is 1. The zero-order valence-corrected chi connectivity index (χ0v) is 9.88. The first kappa shape index (κ1) is 11.9. The molecule has 1 heterocycles. The third-order valence-electron chi connectivity index (χ3n) is 2.45. The molecule has 0 atom stereocenters. The minimum Gasteiger partial charge on any atom is -0.462 e. The first-order valence-electron chi connectivity index (χ1n) is 5.48. The summed E-state index contributed by atoms with van der Waals surface area (Å²) in [5, 5.41) is 9.05. The second kappa shape index (κ2) is 5.15. The van der Waals surface area contributed by atoms with E-state index in [2.05, 4.69) is 0 Å². The van der Waals surface area contributed by atoms with E-state index < -0.39 is 0 Å². The number of nitrogens with zero attached hydrogens (tertiary/aromatic N) is 1. The van der Waals surface area contributed by atoms with E-state index in [-0.39, 0.29) is 11.4 Å². The largest absolute Gasteiger partial charge is 0.462 e. The van der Waals surface area contributed by atoms with Gasteiger partial charge in [0.15, 0.2) is 0 Å². The van der Waals surface area contributed by atoms with Gasteiger partial charge in [-0.3, -0.25) is 4.79 Å². The lowest BCUT2D eigenvalue weighted by Gasteiger charge is -1.97. The molecule has 0 unspecified atom stereocenters. The Balaban J connectivity index is 2.33. The van der Waals surface area contributed by atoms with Crippen LogP contribution in [0, 0.1) is 18.3 Å². The summed E-state index contributed by atoms with van der Waals surface area (Å²) in [6, 6.07) is 14.1. The van der Waals surface area contributed by atoms with Gasteiger partial charge >= 0.3 is 0 Å². The van der Waals surface area contributed by atoms with Crippen molar-refractivity contribution in [2.24, 2.45) is 0 Å². The normalized spacial score (nSPS) is 11.0. The number of benzene rings is 1. The van der Waals surface area contributed by atoms with Gasteiger partial charge in [0.25, 0.3) is 0 Å². The molecule has 0 spiro atoms. The van der Waals surface area contributed by atoms with E-state index in [9.17, 15) is 4.79 Å². The van der Waals surface area contributed by atoms with E-state index in [0.29, 0.717) is 11.3 Å². The topological polar surface area (TPSA) is 54.0 Å². The fourth-order valence-corrected chi connectivity index (χ4v) is 1.57. The van der Waals surface area contributed by atoms with Crippen molar-refractivity contribution in [2.45, 2.75) is 6.92 Å². The number of carbonyl (C=O) groups excluding carboxylic acids is 1. The van der Waals surface area contributed by atoms with Crippen molar-refractivity contribution in [3.05, 3.63) is 65.1 Å². The Kier molecular flexibility index (Phi) is 3.40. The van der Waals surface area contributed by atoms with Crippen LogP contribution >= 0.6 is 0 Å². The Morgan fingerprint density at radius 2 is 1.94 bits per heavy atom. The summed E-state index contributed by atoms with van der Waals surface area (Å²) in [5.74, 6) is 0.950. The highest BCUT2D eigenvalue weighted by Gasteiger charge is 2.12. The molecule has 0 N–H and O–H groups in total. The van der Waals surface area contributed by atoms with Crippen molar-refractivity contribution in [2.75, 3.05) is 0 Å². The molecule has 18 heavy (non-hydrogen) atoms. The standard InChI is InChI=1S/C15H11NO2/c1-11-7-8-14(18-11)9-13(10-16)15(17)12-5-3-2-4-6-12/h2-9H,1H3/b13-9+. The molecule has 3 heteroatoms. The molecule has 0 amide bonds. The number of hydrogen-bond donors (Lipinski definition) is 0. The Morgan fingerprint density at radius 1 is 1.22 bits per heavy atom. The predicted octanol–water partition coefficient (Wildman–Crippen LogP) is 3.38. The van der Waals surface area contributed by atoms with Gasteiger partial charge in [-0.2, -0.15) is 5.26 Å². The maximum Gasteiger partial charge on any atom is 0.203 e. The Bertz CT molecular complexity index is 630. The van der Waals surface area contributed by atoms with E-state index in [4.69, 9.17) is 9.68 Å². The van der Waals surface area contributed by atoms with E-state index in [1.165, 1.54) is 6.08 Å². The van der Waals surface area contributed by atoms with E-state index >= 15 is 0 Å². The second-order valence-corrected chi connectivity index (χ2v) is 3.81. The van der Waals surface area contributed by atoms with Gasteiger partial charge in [0.05, 0.1) is 0 Å². The summed E-state index contributed by atoms with van der Waals surface area (Å²) in [5.41, 5.74) is 0.559. The van der Waals surface area contributed by atoms with Gasteiger partial charge in [-0.05, 0) is 19.1 Å². The Morgan fingerprint density at radius 3 is 2.50 bits per heavy atom. The summed E-state index contributed by atoms with van der Waals surface area (Å²) < 4.78 is 5.32. The highest BCUT2D eigenvalue weighted by atomic mass is 16.3. The lowest BCUT2D eigenvalue weighted by molar-refractivity contribution is 0.104. The van der Waals surface area contributed by atoms with Crippen molar-refractivity contribution < 1.29 is 9.21 Å². The van der Waals surface area contributed by atoms with Gasteiger partial charge in [0.1, 0.15) is 23.2 Å². The van der Waals surface area contributed by atoms with Crippen LogP contribution in [0.15, 0.2) is 52.5 Å². The number of allylic oxidation sites excluding steroid dienone is 1. The fraction of sp³-hybridized carbons (Fsp3) is 0.0667. The summed E-state index contributed by atoms with van der Waals surface area (Å²) in [4.78, 5) is 12.1. The van der Waals surface area contributed by atoms with Crippen molar-refractivity contribution in [1.29, 1.82) is 5.26 Å². The predicted molar refractivity (Wildman–Crippen MR) is 67.8 cm³/mol. The third kappa shape index (κ3) is 2.55. The van der Waals surface area contributed by atoms with Crippen molar-refractivity contribution in [3.8, 4) is 6.07 Å². The van der Waals surface area contributed by atoms with Crippen LogP contribution in [-0.2, 0) is 0 Å². The van der Waals surface area contributed by atoms with Gasteiger partial charge in [0.2, 0.25) is 5.78 Å². The van der Waals surface area contributed by atoms with Crippen molar-refractivity contribution in [3.63, 3.8) is 0 Å². The molecule has 0 saturated carbocycles. The van der Waals surface area contributed by atoms with Gasteiger partial charge in [-0.25, -0.2) is 0 Å². The minimum absolute atomic E-state index is 0.0653. The number of aryl methyl sites for hydroxylation is 1. The Hall–Kier alpha value is -2.60. The summed E-state index contributed by atoms with van der Waals surface area (Å²) in [6.07, 6.45) is 1.46. The van der Waals surface area contributed by atoms with Gasteiger partial charge in [-0.15, -0.1) is 0 Å². The Labute approximate surface area is 105 Å². The number of nitriles is 1. The maximum atomic E-state index is 12.1. The molecule has 0 aliphatic carbocycles. The molecule has 2 rings (SSSR count). The molecule has 0 radical (unpaired) electrons. The first-order valence-corrected chi connectivity index (χ1v) is 5.48. The summed E-state index contributed by atoms with van der Waals surface area (Å²) >= 11 is 0. The minimum atomic E-state index is -0.299. The average Bonchev–Trinajstić information content (AvgIpc) is 2.82. The van der Waals surface area contributed by atoms with E-state index in [0.717, 1.165) is 5.76 Å². The molecule has 1 aromatic carbocycles. The molecule has 0 saturated heterocycles. The van der Waals surface area contributed by atoms with Gasteiger partial charge in [-0.1, -0.05) is 30.3 Å². The van der Waals surface area contributed by atoms with Crippen LogP contribution in [0.3, 0.4) is 0 Å². The molecule has 1 aromatic heterocycles. The highest BCUT2D eigenvalue weighted by Crippen LogP contribution is 2.14. The molecule has 0 aliphatic rings. The van der Waals surface area contributed by atoms with E-state index in [1.54, 1.807) is 36.4 Å². The van der Waals surface area contributed by atoms with Crippen LogP contribution in [0.2, 0.25) is 0 Å². The zero-order valence-electron chi connectivity index (χ0n) is 9.88. The fourth-order valence-electron chi connectivity index (χ4n) is 1.57. The molecular weight excluding hydrogens is 226 g/mol. The second-order valence-electron chi connectivity index (χ2n) is 3.81. The smallest absolute Gasteiger partial charge is 0.203 e. The number of furan rings is 1. The maximum absolute atomic E-state index is 12.1. The SMILES string of the molecule is Cc1ccc(/C=C(\C#N)C(=O)c2ccccc2)o1. The third-order valence-corrected chi connectivity index (χ3v) is 2.45. The molecule has 88 valence electrons. The lowest BCUT2D eigenvalue weighted by atomic mass is 10.0. The quantitative estimate of drug-likeness (QED) is 0.467. The molecule has 2 aromatic rings. The average molecular weight is 237 g/mol. The lowest BCUT2D eigenvalue weighted by Crippen LogP contribution is -2.01. The van der Waals surface area contributed by atoms with Crippen LogP contribution in [0.4, 0.5) is 0 Å². The number of rotatable bonds is 3. The molecule has 0 aliphatic heterocycles. The first-order chi connectivity index (χ1) is 8.70. The van der Waals surface area contributed by atoms with Crippen LogP contribution < -0.4 is 0 Å². The highest BCUT2D eigenvalue weighted by molar-refractivity contribution is 6.13. The van der Waals surface area contributed by atoms with Crippen LogP contribution in [0.1, 0.15) is 21.9 Å². The van der Waals surface area contributed by atoms with Crippen LogP contribution in [0.5, 0.6) is 0 Å². The van der Waals surface area contributed by atoms with Crippen LogP contribution in [0.25, 0.3) is 6.08 Å². The number of hydrogen-bond acceptors (Lipinski definition) is 3. The summed E-state index contributed by atoms with van der Waals surface area (Å²) in [6.45, 7) is 1.81. The molecule has 0 fully saturated rings. The van der Waals surface area contributed by atoms with Crippen molar-refractivity contribution >= 4 is 11.9 Å². The van der Waals surface area contributed by atoms with E-state index in [1.807, 2.05) is 19.1 Å². The van der Waals surface area contributed by atoms with Gasteiger partial charge in [0, 0.05) is 11.6 Å².